The number of urea groups is 1. The predicted molar refractivity (Wildman–Crippen MR) is 58.4 cm³/mol. The number of rotatable bonds is 4. The van der Waals surface area contributed by atoms with Gasteiger partial charge in [-0.25, -0.2) is 4.79 Å². The van der Waals surface area contributed by atoms with E-state index < -0.39 is 5.54 Å². The third kappa shape index (κ3) is 1.85. The number of nitrogens with zero attached hydrogens (tertiary/aromatic N) is 1. The van der Waals surface area contributed by atoms with Crippen LogP contribution >= 0.6 is 0 Å². The maximum atomic E-state index is 11.8. The second-order valence-electron chi connectivity index (χ2n) is 4.50. The van der Waals surface area contributed by atoms with Gasteiger partial charge in [0.1, 0.15) is 5.54 Å². The Labute approximate surface area is 91.0 Å². The molecule has 0 saturated carbocycles. The largest absolute Gasteiger partial charge is 0.325 e. The molecule has 0 atom stereocenters. The van der Waals surface area contributed by atoms with Crippen LogP contribution in [0.25, 0.3) is 0 Å². The summed E-state index contributed by atoms with van der Waals surface area (Å²) in [6.45, 7) is 8.64. The second kappa shape index (κ2) is 4.21. The Morgan fingerprint density at radius 3 is 2.20 bits per heavy atom. The Morgan fingerprint density at radius 2 is 1.80 bits per heavy atom. The number of imide groups is 1. The molecule has 3 amide bonds. The highest BCUT2D eigenvalue weighted by atomic mass is 16.2. The van der Waals surface area contributed by atoms with E-state index in [2.05, 4.69) is 5.32 Å². The van der Waals surface area contributed by atoms with Gasteiger partial charge < -0.3 is 4.90 Å². The molecule has 0 aliphatic carbocycles. The minimum atomic E-state index is -0.610. The molecule has 86 valence electrons. The maximum Gasteiger partial charge on any atom is 0.325 e. The van der Waals surface area contributed by atoms with Crippen molar-refractivity contribution in [3.05, 3.63) is 0 Å². The molecular weight excluding hydrogens is 192 g/mol. The minimum absolute atomic E-state index is 0.141. The lowest BCUT2D eigenvalue weighted by Crippen LogP contribution is -2.50. The van der Waals surface area contributed by atoms with Crippen LogP contribution in [-0.4, -0.2) is 28.9 Å². The molecule has 0 bridgehead atoms. The van der Waals surface area contributed by atoms with E-state index >= 15 is 0 Å². The van der Waals surface area contributed by atoms with E-state index in [9.17, 15) is 9.59 Å². The van der Waals surface area contributed by atoms with Crippen molar-refractivity contribution < 1.29 is 9.59 Å². The molecule has 1 aliphatic heterocycles. The average Bonchev–Trinajstić information content (AvgIpc) is 2.39. The summed E-state index contributed by atoms with van der Waals surface area (Å²) in [6, 6.07) is -0.239. The fourth-order valence-electron chi connectivity index (χ4n) is 2.17. The van der Waals surface area contributed by atoms with Crippen molar-refractivity contribution in [1.29, 1.82) is 0 Å². The van der Waals surface area contributed by atoms with Crippen LogP contribution in [0.5, 0.6) is 0 Å². The molecule has 0 radical (unpaired) electrons. The molecule has 0 unspecified atom stereocenters. The van der Waals surface area contributed by atoms with Crippen molar-refractivity contribution in [1.82, 2.24) is 10.2 Å². The van der Waals surface area contributed by atoms with Gasteiger partial charge in [0.05, 0.1) is 0 Å². The molecule has 0 aromatic carbocycles. The van der Waals surface area contributed by atoms with Crippen LogP contribution in [0.15, 0.2) is 0 Å². The summed E-state index contributed by atoms with van der Waals surface area (Å²) in [5.74, 6) is 0.234. The van der Waals surface area contributed by atoms with Gasteiger partial charge in [-0.2, -0.15) is 0 Å². The Bertz CT molecular complexity index is 270. The Kier molecular flexibility index (Phi) is 3.37. The zero-order chi connectivity index (χ0) is 11.6. The first-order valence-electron chi connectivity index (χ1n) is 5.61. The smallest absolute Gasteiger partial charge is 0.309 e. The summed E-state index contributed by atoms with van der Waals surface area (Å²) in [6.07, 6.45) is 1.35. The summed E-state index contributed by atoms with van der Waals surface area (Å²) < 4.78 is 0. The Hall–Kier alpha value is -1.06. The van der Waals surface area contributed by atoms with Gasteiger partial charge in [-0.3, -0.25) is 10.1 Å². The zero-order valence-electron chi connectivity index (χ0n) is 9.96. The fourth-order valence-corrected chi connectivity index (χ4v) is 2.17. The van der Waals surface area contributed by atoms with Gasteiger partial charge >= 0.3 is 6.03 Å². The first-order chi connectivity index (χ1) is 6.97. The number of amides is 3. The molecule has 1 fully saturated rings. The van der Waals surface area contributed by atoms with Gasteiger partial charge in [-0.05, 0) is 18.8 Å². The Morgan fingerprint density at radius 1 is 1.27 bits per heavy atom. The summed E-state index contributed by atoms with van der Waals surface area (Å²) in [4.78, 5) is 25.1. The molecule has 1 rings (SSSR count). The first-order valence-corrected chi connectivity index (χ1v) is 5.61. The molecule has 4 heteroatoms. The van der Waals surface area contributed by atoms with Crippen LogP contribution in [0.1, 0.15) is 40.5 Å². The van der Waals surface area contributed by atoms with Crippen molar-refractivity contribution in [2.45, 2.75) is 46.1 Å². The minimum Gasteiger partial charge on any atom is -0.309 e. The van der Waals surface area contributed by atoms with Crippen LogP contribution in [0.4, 0.5) is 4.79 Å². The number of hydrogen-bond donors (Lipinski definition) is 1. The highest BCUT2D eigenvalue weighted by molar-refractivity contribution is 6.06. The van der Waals surface area contributed by atoms with Crippen molar-refractivity contribution >= 4 is 11.9 Å². The number of nitrogens with one attached hydrogen (secondary N) is 1. The standard InChI is InChI=1S/C11H20N2O2/c1-5-11(6-2)9(14)12-10(15)13(11)7-8(3)4/h8H,5-7H2,1-4H3,(H,12,14,15). The molecule has 15 heavy (non-hydrogen) atoms. The molecule has 0 spiro atoms. The van der Waals surface area contributed by atoms with Gasteiger partial charge in [0.15, 0.2) is 0 Å². The van der Waals surface area contributed by atoms with Crippen molar-refractivity contribution in [2.24, 2.45) is 5.92 Å². The molecule has 1 N–H and O–H groups in total. The fraction of sp³-hybridized carbons (Fsp3) is 0.818. The van der Waals surface area contributed by atoms with Crippen LogP contribution in [0, 0.1) is 5.92 Å². The van der Waals surface area contributed by atoms with Crippen molar-refractivity contribution in [3.8, 4) is 0 Å². The molecule has 1 aliphatic rings. The SMILES string of the molecule is CCC1(CC)C(=O)NC(=O)N1CC(C)C. The maximum absolute atomic E-state index is 11.8. The summed E-state index contributed by atoms with van der Waals surface area (Å²) in [5, 5.41) is 2.41. The summed E-state index contributed by atoms with van der Waals surface area (Å²) in [7, 11) is 0. The van der Waals surface area contributed by atoms with Gasteiger partial charge in [-0.1, -0.05) is 27.7 Å². The normalized spacial score (nSPS) is 19.9. The average molecular weight is 212 g/mol. The molecule has 0 aromatic rings. The molecular formula is C11H20N2O2. The van der Waals surface area contributed by atoms with Crippen LogP contribution < -0.4 is 5.32 Å². The first kappa shape index (κ1) is 12.0. The van der Waals surface area contributed by atoms with Crippen LogP contribution in [-0.2, 0) is 4.79 Å². The third-order valence-corrected chi connectivity index (χ3v) is 3.12. The van der Waals surface area contributed by atoms with E-state index in [4.69, 9.17) is 0 Å². The van der Waals surface area contributed by atoms with Crippen molar-refractivity contribution in [3.63, 3.8) is 0 Å². The monoisotopic (exact) mass is 212 g/mol. The third-order valence-electron chi connectivity index (χ3n) is 3.12. The van der Waals surface area contributed by atoms with E-state index in [1.54, 1.807) is 4.90 Å². The number of carbonyl (C=O) groups excluding carboxylic acids is 2. The van der Waals surface area contributed by atoms with Crippen LogP contribution in [0.3, 0.4) is 0 Å². The lowest BCUT2D eigenvalue weighted by molar-refractivity contribution is -0.127. The summed E-state index contributed by atoms with van der Waals surface area (Å²) >= 11 is 0. The van der Waals surface area contributed by atoms with E-state index in [0.29, 0.717) is 25.3 Å². The van der Waals surface area contributed by atoms with E-state index in [0.717, 1.165) is 0 Å². The highest BCUT2D eigenvalue weighted by Gasteiger charge is 2.50. The van der Waals surface area contributed by atoms with Crippen molar-refractivity contribution in [2.75, 3.05) is 6.54 Å². The molecule has 1 heterocycles. The quantitative estimate of drug-likeness (QED) is 0.722. The number of carbonyl (C=O) groups is 2. The lowest BCUT2D eigenvalue weighted by Gasteiger charge is -2.34. The number of hydrogen-bond acceptors (Lipinski definition) is 2. The van der Waals surface area contributed by atoms with Gasteiger partial charge in [0.2, 0.25) is 0 Å². The zero-order valence-corrected chi connectivity index (χ0v) is 9.96. The van der Waals surface area contributed by atoms with Crippen LogP contribution in [0.2, 0.25) is 0 Å². The van der Waals surface area contributed by atoms with Gasteiger partial charge in [0, 0.05) is 6.54 Å². The lowest BCUT2D eigenvalue weighted by atomic mass is 9.90. The van der Waals surface area contributed by atoms with E-state index in [1.165, 1.54) is 0 Å². The molecule has 0 aromatic heterocycles. The Balaban J connectivity index is 2.98. The predicted octanol–water partition coefficient (Wildman–Crippen LogP) is 1.75. The molecule has 4 nitrogen and oxygen atoms in total. The molecule has 1 saturated heterocycles. The second-order valence-corrected chi connectivity index (χ2v) is 4.50. The van der Waals surface area contributed by atoms with E-state index in [-0.39, 0.29) is 11.9 Å². The van der Waals surface area contributed by atoms with E-state index in [1.807, 2.05) is 27.7 Å². The van der Waals surface area contributed by atoms with Gasteiger partial charge in [0.25, 0.3) is 5.91 Å². The topological polar surface area (TPSA) is 49.4 Å². The highest BCUT2D eigenvalue weighted by Crippen LogP contribution is 2.29. The van der Waals surface area contributed by atoms with Gasteiger partial charge in [-0.15, -0.1) is 0 Å². The summed E-state index contributed by atoms with van der Waals surface area (Å²) in [5.41, 5.74) is -0.610.